The minimum Gasteiger partial charge on any atom is -0.476 e. The van der Waals surface area contributed by atoms with Crippen molar-refractivity contribution in [2.45, 2.75) is 0 Å². The first-order valence-corrected chi connectivity index (χ1v) is 7.08. The summed E-state index contributed by atoms with van der Waals surface area (Å²) in [4.78, 5) is 19.4. The van der Waals surface area contributed by atoms with Crippen molar-refractivity contribution in [2.75, 3.05) is 36.0 Å². The predicted molar refractivity (Wildman–Crippen MR) is 75.5 cm³/mol. The van der Waals surface area contributed by atoms with Crippen LogP contribution in [0.5, 0.6) is 0 Å². The van der Waals surface area contributed by atoms with E-state index in [1.807, 2.05) is 11.6 Å². The van der Waals surface area contributed by atoms with Crippen LogP contribution < -0.4 is 9.80 Å². The second kappa shape index (κ2) is 5.41. The summed E-state index contributed by atoms with van der Waals surface area (Å²) in [6, 6.07) is 3.19. The van der Waals surface area contributed by atoms with E-state index >= 15 is 0 Å². The van der Waals surface area contributed by atoms with Crippen molar-refractivity contribution in [3.05, 3.63) is 29.4 Å². The number of aromatic carboxylic acids is 1. The zero-order chi connectivity index (χ0) is 13.9. The van der Waals surface area contributed by atoms with E-state index in [0.717, 1.165) is 31.3 Å². The van der Waals surface area contributed by atoms with Crippen LogP contribution in [0.1, 0.15) is 10.5 Å². The van der Waals surface area contributed by atoms with Crippen LogP contribution in [0.3, 0.4) is 0 Å². The molecule has 0 bridgehead atoms. The first-order valence-electron chi connectivity index (χ1n) is 6.20. The molecule has 0 unspecified atom stereocenters. The van der Waals surface area contributed by atoms with Gasteiger partial charge in [0.05, 0.1) is 0 Å². The Bertz CT molecular complexity index is 578. The van der Waals surface area contributed by atoms with Crippen LogP contribution in [-0.2, 0) is 0 Å². The van der Waals surface area contributed by atoms with E-state index in [0.29, 0.717) is 5.82 Å². The zero-order valence-corrected chi connectivity index (χ0v) is 11.5. The standard InChI is InChI=1S/C12H13N5O2S/c18-11(19)9-1-2-10(15-14-9)16-4-6-17(7-5-16)12-13-3-8-20-12/h1-3,8H,4-7H2,(H,18,19). The van der Waals surface area contributed by atoms with Crippen molar-refractivity contribution >= 4 is 28.3 Å². The van der Waals surface area contributed by atoms with Crippen LogP contribution in [0.2, 0.25) is 0 Å². The lowest BCUT2D eigenvalue weighted by molar-refractivity contribution is 0.0689. The Morgan fingerprint density at radius 3 is 2.45 bits per heavy atom. The molecule has 0 aliphatic carbocycles. The summed E-state index contributed by atoms with van der Waals surface area (Å²) in [6.07, 6.45) is 1.81. The van der Waals surface area contributed by atoms with Gasteiger partial charge in [-0.05, 0) is 12.1 Å². The Hall–Kier alpha value is -2.22. The summed E-state index contributed by atoms with van der Waals surface area (Å²) < 4.78 is 0. The summed E-state index contributed by atoms with van der Waals surface area (Å²) in [5.74, 6) is -0.341. The molecule has 1 saturated heterocycles. The number of nitrogens with zero attached hydrogens (tertiary/aromatic N) is 5. The van der Waals surface area contributed by atoms with Crippen LogP contribution in [0.4, 0.5) is 10.9 Å². The van der Waals surface area contributed by atoms with Crippen LogP contribution in [0, 0.1) is 0 Å². The lowest BCUT2D eigenvalue weighted by atomic mass is 10.3. The molecule has 3 rings (SSSR count). The Morgan fingerprint density at radius 1 is 1.15 bits per heavy atom. The fraction of sp³-hybridized carbons (Fsp3) is 0.333. The van der Waals surface area contributed by atoms with Crippen molar-refractivity contribution in [1.82, 2.24) is 15.2 Å². The lowest BCUT2D eigenvalue weighted by Crippen LogP contribution is -2.46. The third-order valence-corrected chi connectivity index (χ3v) is 4.00. The molecule has 104 valence electrons. The maximum absolute atomic E-state index is 10.7. The molecule has 1 fully saturated rings. The van der Waals surface area contributed by atoms with Gasteiger partial charge in [0.15, 0.2) is 16.6 Å². The fourth-order valence-corrected chi connectivity index (χ4v) is 2.80. The lowest BCUT2D eigenvalue weighted by Gasteiger charge is -2.34. The largest absolute Gasteiger partial charge is 0.476 e. The molecule has 20 heavy (non-hydrogen) atoms. The number of carbonyl (C=O) groups is 1. The summed E-state index contributed by atoms with van der Waals surface area (Å²) in [7, 11) is 0. The molecule has 7 nitrogen and oxygen atoms in total. The SMILES string of the molecule is O=C(O)c1ccc(N2CCN(c3nccs3)CC2)nn1. The number of carboxylic acid groups (broad SMARTS) is 1. The molecule has 0 aromatic carbocycles. The van der Waals surface area contributed by atoms with Crippen molar-refractivity contribution in [3.8, 4) is 0 Å². The first kappa shape index (κ1) is 12.8. The smallest absolute Gasteiger partial charge is 0.356 e. The number of carboxylic acids is 1. The third-order valence-electron chi connectivity index (χ3n) is 3.16. The quantitative estimate of drug-likeness (QED) is 0.901. The number of anilines is 2. The molecular formula is C12H13N5O2S. The summed E-state index contributed by atoms with van der Waals surface area (Å²) in [5.41, 5.74) is -0.0322. The van der Waals surface area contributed by atoms with E-state index in [1.54, 1.807) is 17.4 Å². The van der Waals surface area contributed by atoms with E-state index in [-0.39, 0.29) is 5.69 Å². The minimum atomic E-state index is -1.06. The van der Waals surface area contributed by atoms with Gasteiger partial charge in [0, 0.05) is 37.8 Å². The van der Waals surface area contributed by atoms with Gasteiger partial charge in [0.25, 0.3) is 0 Å². The topological polar surface area (TPSA) is 82.5 Å². The molecule has 1 N–H and O–H groups in total. The predicted octanol–water partition coefficient (Wildman–Crippen LogP) is 0.958. The number of hydrogen-bond donors (Lipinski definition) is 1. The highest BCUT2D eigenvalue weighted by Crippen LogP contribution is 2.20. The normalized spacial score (nSPS) is 15.4. The van der Waals surface area contributed by atoms with E-state index in [1.165, 1.54) is 6.07 Å². The first-order chi connectivity index (χ1) is 9.74. The molecule has 0 amide bonds. The molecule has 0 saturated carbocycles. The molecular weight excluding hydrogens is 278 g/mol. The highest BCUT2D eigenvalue weighted by molar-refractivity contribution is 7.13. The van der Waals surface area contributed by atoms with Crippen molar-refractivity contribution in [3.63, 3.8) is 0 Å². The summed E-state index contributed by atoms with van der Waals surface area (Å²) >= 11 is 1.63. The van der Waals surface area contributed by atoms with Gasteiger partial charge in [-0.15, -0.1) is 21.5 Å². The fourth-order valence-electron chi connectivity index (χ4n) is 2.11. The Labute approximate surface area is 119 Å². The number of rotatable bonds is 3. The molecule has 8 heteroatoms. The minimum absolute atomic E-state index is 0.0322. The van der Waals surface area contributed by atoms with Crippen molar-refractivity contribution in [2.24, 2.45) is 0 Å². The van der Waals surface area contributed by atoms with Crippen LogP contribution in [0.15, 0.2) is 23.7 Å². The maximum atomic E-state index is 10.7. The molecule has 1 aliphatic heterocycles. The van der Waals surface area contributed by atoms with Gasteiger partial charge >= 0.3 is 5.97 Å². The van der Waals surface area contributed by atoms with E-state index in [4.69, 9.17) is 5.11 Å². The van der Waals surface area contributed by atoms with Crippen LogP contribution in [-0.4, -0.2) is 52.4 Å². The van der Waals surface area contributed by atoms with Gasteiger partial charge in [-0.25, -0.2) is 9.78 Å². The van der Waals surface area contributed by atoms with E-state index < -0.39 is 5.97 Å². The van der Waals surface area contributed by atoms with Gasteiger partial charge < -0.3 is 14.9 Å². The van der Waals surface area contributed by atoms with Gasteiger partial charge in [-0.3, -0.25) is 0 Å². The highest BCUT2D eigenvalue weighted by atomic mass is 32.1. The second-order valence-electron chi connectivity index (χ2n) is 4.37. The van der Waals surface area contributed by atoms with Crippen LogP contribution >= 0.6 is 11.3 Å². The van der Waals surface area contributed by atoms with Crippen LogP contribution in [0.25, 0.3) is 0 Å². The van der Waals surface area contributed by atoms with Gasteiger partial charge in [-0.2, -0.15) is 0 Å². The van der Waals surface area contributed by atoms with Crippen molar-refractivity contribution in [1.29, 1.82) is 0 Å². The Balaban J connectivity index is 1.64. The number of hydrogen-bond acceptors (Lipinski definition) is 7. The maximum Gasteiger partial charge on any atom is 0.356 e. The molecule has 2 aromatic heterocycles. The molecule has 1 aliphatic rings. The third kappa shape index (κ3) is 2.55. The van der Waals surface area contributed by atoms with Gasteiger partial charge in [-0.1, -0.05) is 0 Å². The molecule has 0 radical (unpaired) electrons. The average molecular weight is 291 g/mol. The number of piperazine rings is 1. The van der Waals surface area contributed by atoms with Gasteiger partial charge in [0.1, 0.15) is 0 Å². The highest BCUT2D eigenvalue weighted by Gasteiger charge is 2.20. The zero-order valence-electron chi connectivity index (χ0n) is 10.6. The van der Waals surface area contributed by atoms with E-state index in [9.17, 15) is 4.79 Å². The van der Waals surface area contributed by atoms with Gasteiger partial charge in [0.2, 0.25) is 0 Å². The average Bonchev–Trinajstić information content (AvgIpc) is 3.02. The van der Waals surface area contributed by atoms with Crippen molar-refractivity contribution < 1.29 is 9.90 Å². The molecule has 0 spiro atoms. The Kier molecular flexibility index (Phi) is 3.46. The Morgan fingerprint density at radius 2 is 1.90 bits per heavy atom. The summed E-state index contributed by atoms with van der Waals surface area (Å²) in [6.45, 7) is 3.38. The monoisotopic (exact) mass is 291 g/mol. The van der Waals surface area contributed by atoms with E-state index in [2.05, 4.69) is 25.0 Å². The molecule has 3 heterocycles. The molecule has 2 aromatic rings. The summed E-state index contributed by atoms with van der Waals surface area (Å²) in [5, 5.41) is 19.5. The second-order valence-corrected chi connectivity index (χ2v) is 5.24. The molecule has 0 atom stereocenters. The number of thiazole rings is 1. The number of aromatic nitrogens is 3.